The van der Waals surface area contributed by atoms with Gasteiger partial charge in [-0.2, -0.15) is 0 Å². The van der Waals surface area contributed by atoms with Gasteiger partial charge in [0.15, 0.2) is 16.6 Å². The fourth-order valence-corrected chi connectivity index (χ4v) is 4.34. The molecule has 0 unspecified atom stereocenters. The zero-order valence-corrected chi connectivity index (χ0v) is 18.0. The number of rotatable bonds is 4. The van der Waals surface area contributed by atoms with Gasteiger partial charge < -0.3 is 14.2 Å². The van der Waals surface area contributed by atoms with Gasteiger partial charge in [0.1, 0.15) is 4.88 Å². The lowest BCUT2D eigenvalue weighted by Gasteiger charge is -2.10. The molecule has 1 amide bonds. The molecule has 0 radical (unpaired) electrons. The molecule has 0 fully saturated rings. The van der Waals surface area contributed by atoms with E-state index in [1.807, 2.05) is 42.5 Å². The summed E-state index contributed by atoms with van der Waals surface area (Å²) in [5.74, 6) is 0.473. The van der Waals surface area contributed by atoms with Crippen molar-refractivity contribution in [2.75, 3.05) is 19.2 Å². The lowest BCUT2D eigenvalue weighted by atomic mass is 10.0. The molecule has 2 aromatic carbocycles. The number of nitrogens with zero attached hydrogens (tertiary/aromatic N) is 2. The Bertz CT molecular complexity index is 1380. The molecule has 2 aromatic heterocycles. The fourth-order valence-electron chi connectivity index (χ4n) is 3.46. The first-order chi connectivity index (χ1) is 15.5. The van der Waals surface area contributed by atoms with Gasteiger partial charge in [0.05, 0.1) is 29.6 Å². The summed E-state index contributed by atoms with van der Waals surface area (Å²) in [4.78, 5) is 34.5. The summed E-state index contributed by atoms with van der Waals surface area (Å²) in [7, 11) is 1.31. The van der Waals surface area contributed by atoms with Crippen LogP contribution in [0.3, 0.4) is 0 Å². The predicted molar refractivity (Wildman–Crippen MR) is 119 cm³/mol. The lowest BCUT2D eigenvalue weighted by Crippen LogP contribution is -2.13. The molecule has 4 aromatic rings. The SMILES string of the molecule is COC(=O)c1sc(NC(=O)c2cc(-c3ccc4c(c3)OCO4)nc3ccccc23)nc1C. The van der Waals surface area contributed by atoms with Gasteiger partial charge >= 0.3 is 5.97 Å². The van der Waals surface area contributed by atoms with Gasteiger partial charge in [-0.25, -0.2) is 14.8 Å². The molecule has 1 aliphatic heterocycles. The number of fused-ring (bicyclic) bond motifs is 2. The summed E-state index contributed by atoms with van der Waals surface area (Å²) < 4.78 is 15.6. The minimum absolute atomic E-state index is 0.179. The number of methoxy groups -OCH3 is 1. The molecule has 3 heterocycles. The number of amides is 1. The summed E-state index contributed by atoms with van der Waals surface area (Å²) in [6, 6.07) is 14.7. The number of anilines is 1. The highest BCUT2D eigenvalue weighted by Gasteiger charge is 2.20. The van der Waals surface area contributed by atoms with Crippen LogP contribution >= 0.6 is 11.3 Å². The maximum absolute atomic E-state index is 13.2. The van der Waals surface area contributed by atoms with Crippen molar-refractivity contribution in [2.45, 2.75) is 6.92 Å². The Hall–Kier alpha value is -3.98. The summed E-state index contributed by atoms with van der Waals surface area (Å²) in [5.41, 5.74) is 3.04. The van der Waals surface area contributed by atoms with Crippen molar-refractivity contribution in [1.29, 1.82) is 0 Å². The highest BCUT2D eigenvalue weighted by atomic mass is 32.1. The van der Waals surface area contributed by atoms with Crippen LogP contribution < -0.4 is 14.8 Å². The molecule has 0 bridgehead atoms. The van der Waals surface area contributed by atoms with Gasteiger partial charge in [0, 0.05) is 10.9 Å². The second-order valence-corrected chi connectivity index (χ2v) is 8.02. The Morgan fingerprint density at radius 2 is 1.88 bits per heavy atom. The quantitative estimate of drug-likeness (QED) is 0.462. The molecule has 32 heavy (non-hydrogen) atoms. The number of aromatic nitrogens is 2. The first kappa shape index (κ1) is 20.0. The largest absolute Gasteiger partial charge is 0.465 e. The minimum atomic E-state index is -0.486. The summed E-state index contributed by atoms with van der Waals surface area (Å²) >= 11 is 1.07. The highest BCUT2D eigenvalue weighted by Crippen LogP contribution is 2.36. The van der Waals surface area contributed by atoms with E-state index in [9.17, 15) is 9.59 Å². The molecule has 9 heteroatoms. The van der Waals surface area contributed by atoms with E-state index in [4.69, 9.17) is 19.2 Å². The van der Waals surface area contributed by atoms with E-state index in [-0.39, 0.29) is 12.7 Å². The number of para-hydroxylation sites is 1. The van der Waals surface area contributed by atoms with Crippen LogP contribution in [-0.4, -0.2) is 35.7 Å². The molecule has 0 aliphatic carbocycles. The summed E-state index contributed by atoms with van der Waals surface area (Å²) in [5, 5.41) is 3.82. The van der Waals surface area contributed by atoms with Crippen LogP contribution in [0, 0.1) is 6.92 Å². The molecule has 160 valence electrons. The number of nitrogens with one attached hydrogen (secondary N) is 1. The molecule has 1 N–H and O–H groups in total. The first-order valence-electron chi connectivity index (χ1n) is 9.70. The van der Waals surface area contributed by atoms with Gasteiger partial charge in [-0.1, -0.05) is 29.5 Å². The number of hydrogen-bond acceptors (Lipinski definition) is 8. The highest BCUT2D eigenvalue weighted by molar-refractivity contribution is 7.17. The number of pyridine rings is 1. The van der Waals surface area contributed by atoms with E-state index in [1.165, 1.54) is 7.11 Å². The predicted octanol–water partition coefficient (Wildman–Crippen LogP) is 4.43. The smallest absolute Gasteiger partial charge is 0.350 e. The van der Waals surface area contributed by atoms with Crippen molar-refractivity contribution in [2.24, 2.45) is 0 Å². The number of aryl methyl sites for hydroxylation is 1. The average molecular weight is 447 g/mol. The van der Waals surface area contributed by atoms with Gasteiger partial charge in [-0.3, -0.25) is 10.1 Å². The van der Waals surface area contributed by atoms with Crippen molar-refractivity contribution in [1.82, 2.24) is 9.97 Å². The molecule has 1 aliphatic rings. The second kappa shape index (κ2) is 7.93. The van der Waals surface area contributed by atoms with Crippen LogP contribution in [0.1, 0.15) is 25.7 Å². The van der Waals surface area contributed by atoms with Gasteiger partial charge in [-0.05, 0) is 37.3 Å². The number of ether oxygens (including phenoxy) is 3. The molecular weight excluding hydrogens is 430 g/mol. The van der Waals surface area contributed by atoms with E-state index < -0.39 is 5.97 Å². The van der Waals surface area contributed by atoms with Gasteiger partial charge in [0.2, 0.25) is 6.79 Å². The van der Waals surface area contributed by atoms with Gasteiger partial charge in [-0.15, -0.1) is 0 Å². The van der Waals surface area contributed by atoms with Crippen molar-refractivity contribution in [3.05, 3.63) is 64.7 Å². The molecule has 0 spiro atoms. The van der Waals surface area contributed by atoms with Crippen LogP contribution in [0.4, 0.5) is 5.13 Å². The Balaban J connectivity index is 1.54. The second-order valence-electron chi connectivity index (χ2n) is 7.02. The Morgan fingerprint density at radius 1 is 1.06 bits per heavy atom. The van der Waals surface area contributed by atoms with Crippen LogP contribution in [0.15, 0.2) is 48.5 Å². The first-order valence-corrected chi connectivity index (χ1v) is 10.5. The monoisotopic (exact) mass is 447 g/mol. The fraction of sp³-hybridized carbons (Fsp3) is 0.130. The van der Waals surface area contributed by atoms with E-state index in [1.54, 1.807) is 13.0 Å². The molecule has 0 atom stereocenters. The third-order valence-electron chi connectivity index (χ3n) is 5.02. The number of hydrogen-bond donors (Lipinski definition) is 1. The minimum Gasteiger partial charge on any atom is -0.465 e. The van der Waals surface area contributed by atoms with E-state index in [2.05, 4.69) is 10.3 Å². The third kappa shape index (κ3) is 3.52. The zero-order chi connectivity index (χ0) is 22.2. The maximum Gasteiger partial charge on any atom is 0.350 e. The van der Waals surface area contributed by atoms with E-state index in [0.717, 1.165) is 16.9 Å². The standard InChI is InChI=1S/C23H17N3O5S/c1-12-20(22(28)29-2)32-23(24-12)26-21(27)15-10-17(25-16-6-4-3-5-14(15)16)13-7-8-18-19(9-13)31-11-30-18/h3-10H,11H2,1-2H3,(H,24,26,27). The Kier molecular flexibility index (Phi) is 4.95. The Morgan fingerprint density at radius 3 is 2.72 bits per heavy atom. The normalized spacial score (nSPS) is 12.1. The third-order valence-corrected chi connectivity index (χ3v) is 6.07. The van der Waals surface area contributed by atoms with Crippen molar-refractivity contribution in [3.8, 4) is 22.8 Å². The van der Waals surface area contributed by atoms with E-state index >= 15 is 0 Å². The van der Waals surface area contributed by atoms with Gasteiger partial charge in [0.25, 0.3) is 5.91 Å². The molecule has 5 rings (SSSR count). The van der Waals surface area contributed by atoms with Crippen molar-refractivity contribution < 1.29 is 23.8 Å². The topological polar surface area (TPSA) is 99.6 Å². The van der Waals surface area contributed by atoms with E-state index in [0.29, 0.717) is 49.4 Å². The number of carbonyl (C=O) groups excluding carboxylic acids is 2. The number of esters is 1. The van der Waals surface area contributed by atoms with Crippen LogP contribution in [0.2, 0.25) is 0 Å². The molecule has 0 saturated carbocycles. The van der Waals surface area contributed by atoms with Crippen molar-refractivity contribution >= 4 is 39.2 Å². The maximum atomic E-state index is 13.2. The number of thiazole rings is 1. The van der Waals surface area contributed by atoms with Crippen LogP contribution in [0.5, 0.6) is 11.5 Å². The zero-order valence-electron chi connectivity index (χ0n) is 17.2. The molecule has 0 saturated heterocycles. The summed E-state index contributed by atoms with van der Waals surface area (Å²) in [6.45, 7) is 1.87. The number of carbonyl (C=O) groups is 2. The van der Waals surface area contributed by atoms with Crippen molar-refractivity contribution in [3.63, 3.8) is 0 Å². The summed E-state index contributed by atoms with van der Waals surface area (Å²) in [6.07, 6.45) is 0. The number of benzene rings is 2. The Labute approximate surface area is 186 Å². The average Bonchev–Trinajstić information content (AvgIpc) is 3.43. The molecule has 8 nitrogen and oxygen atoms in total. The van der Waals surface area contributed by atoms with Crippen LogP contribution in [0.25, 0.3) is 22.2 Å². The van der Waals surface area contributed by atoms with Crippen LogP contribution in [-0.2, 0) is 4.74 Å². The lowest BCUT2D eigenvalue weighted by molar-refractivity contribution is 0.0605. The molecular formula is C23H17N3O5S.